The monoisotopic (exact) mass is 327 g/mol. The summed E-state index contributed by atoms with van der Waals surface area (Å²) >= 11 is 4.20. The van der Waals surface area contributed by atoms with Crippen molar-refractivity contribution < 1.29 is 4.39 Å². The van der Waals surface area contributed by atoms with Crippen LogP contribution in [0.1, 0.15) is 31.9 Å². The third kappa shape index (κ3) is 4.64. The van der Waals surface area contributed by atoms with Crippen molar-refractivity contribution in [2.45, 2.75) is 55.9 Å². The lowest BCUT2D eigenvalue weighted by Gasteiger charge is -2.36. The third-order valence-corrected chi connectivity index (χ3v) is 7.78. The highest BCUT2D eigenvalue weighted by atomic mass is 32.2. The average Bonchev–Trinajstić information content (AvgIpc) is 2.44. The van der Waals surface area contributed by atoms with Gasteiger partial charge in [-0.25, -0.2) is 4.39 Å². The van der Waals surface area contributed by atoms with Gasteiger partial charge in [-0.15, -0.1) is 0 Å². The molecule has 1 N–H and O–H groups in total. The van der Waals surface area contributed by atoms with Crippen LogP contribution in [-0.4, -0.2) is 34.1 Å². The fourth-order valence-corrected chi connectivity index (χ4v) is 5.87. The summed E-state index contributed by atoms with van der Waals surface area (Å²) in [7, 11) is 0. The molecular weight excluding hydrogens is 301 g/mol. The molecule has 21 heavy (non-hydrogen) atoms. The Morgan fingerprint density at radius 3 is 2.71 bits per heavy atom. The first-order valence-corrected chi connectivity index (χ1v) is 9.76. The Bertz CT molecular complexity index is 466. The van der Waals surface area contributed by atoms with Crippen LogP contribution in [0, 0.1) is 12.7 Å². The number of halogens is 1. The quantitative estimate of drug-likeness (QED) is 0.867. The number of aryl methyl sites for hydroxylation is 1. The van der Waals surface area contributed by atoms with Gasteiger partial charge >= 0.3 is 0 Å². The van der Waals surface area contributed by atoms with E-state index in [1.54, 1.807) is 12.1 Å². The first kappa shape index (κ1) is 17.2. The highest BCUT2D eigenvalue weighted by Gasteiger charge is 2.31. The van der Waals surface area contributed by atoms with Gasteiger partial charge in [0.1, 0.15) is 5.82 Å². The molecule has 0 aliphatic carbocycles. The zero-order chi connectivity index (χ0) is 15.4. The fraction of sp³-hybridized carbons (Fsp3) is 0.647. The molecule has 0 aromatic heterocycles. The molecule has 4 unspecified atom stereocenters. The number of likely N-dealkylation sites (N-methyl/N-ethyl adjacent to an activating group) is 1. The second-order valence-electron chi connectivity index (χ2n) is 5.86. The SMILES string of the molecule is CCNC(Cc1ccc(F)cc1C)C1CSC(C)C(C)S1. The van der Waals surface area contributed by atoms with Gasteiger partial charge in [-0.05, 0) is 43.1 Å². The Balaban J connectivity index is 2.08. The maximum atomic E-state index is 13.3. The average molecular weight is 328 g/mol. The first-order valence-electron chi connectivity index (χ1n) is 7.76. The van der Waals surface area contributed by atoms with E-state index in [9.17, 15) is 4.39 Å². The van der Waals surface area contributed by atoms with Crippen molar-refractivity contribution in [1.29, 1.82) is 0 Å². The van der Waals surface area contributed by atoms with Gasteiger partial charge in [-0.3, -0.25) is 0 Å². The molecule has 0 spiro atoms. The smallest absolute Gasteiger partial charge is 0.123 e. The molecule has 4 heteroatoms. The second-order valence-corrected chi connectivity index (χ2v) is 8.89. The van der Waals surface area contributed by atoms with E-state index in [2.05, 4.69) is 49.6 Å². The predicted molar refractivity (Wildman–Crippen MR) is 95.1 cm³/mol. The molecule has 118 valence electrons. The van der Waals surface area contributed by atoms with E-state index in [4.69, 9.17) is 0 Å². The van der Waals surface area contributed by atoms with Gasteiger partial charge in [0, 0.05) is 27.5 Å². The van der Waals surface area contributed by atoms with Crippen molar-refractivity contribution in [3.63, 3.8) is 0 Å². The zero-order valence-corrected chi connectivity index (χ0v) is 15.0. The number of thioether (sulfide) groups is 2. The number of hydrogen-bond donors (Lipinski definition) is 1. The largest absolute Gasteiger partial charge is 0.313 e. The topological polar surface area (TPSA) is 12.0 Å². The van der Waals surface area contributed by atoms with E-state index in [-0.39, 0.29) is 5.82 Å². The second kappa shape index (κ2) is 7.89. The summed E-state index contributed by atoms with van der Waals surface area (Å²) in [6, 6.07) is 5.64. The lowest BCUT2D eigenvalue weighted by molar-refractivity contribution is 0.518. The minimum absolute atomic E-state index is 0.138. The van der Waals surface area contributed by atoms with Gasteiger partial charge in [0.25, 0.3) is 0 Å². The summed E-state index contributed by atoms with van der Waals surface area (Å²) in [5.74, 6) is 1.06. The summed E-state index contributed by atoms with van der Waals surface area (Å²) in [4.78, 5) is 0. The standard InChI is InChI=1S/C17H26FNS2/c1-5-19-16(17-10-20-12(3)13(4)21-17)9-14-6-7-15(18)8-11(14)2/h6-8,12-13,16-17,19H,5,9-10H2,1-4H3. The molecule has 0 radical (unpaired) electrons. The Morgan fingerprint density at radius 2 is 2.10 bits per heavy atom. The van der Waals surface area contributed by atoms with Gasteiger partial charge in [-0.2, -0.15) is 23.5 Å². The molecule has 1 aliphatic heterocycles. The van der Waals surface area contributed by atoms with Crippen LogP contribution in [0.2, 0.25) is 0 Å². The van der Waals surface area contributed by atoms with E-state index < -0.39 is 0 Å². The van der Waals surface area contributed by atoms with Crippen LogP contribution in [0.15, 0.2) is 18.2 Å². The molecule has 1 heterocycles. The van der Waals surface area contributed by atoms with Gasteiger partial charge in [0.15, 0.2) is 0 Å². The molecule has 0 saturated carbocycles. The highest BCUT2D eigenvalue weighted by molar-refractivity contribution is 8.07. The summed E-state index contributed by atoms with van der Waals surface area (Å²) in [5.41, 5.74) is 2.33. The normalized spacial score (nSPS) is 27.6. The minimum Gasteiger partial charge on any atom is -0.313 e. The van der Waals surface area contributed by atoms with Crippen LogP contribution in [-0.2, 0) is 6.42 Å². The Hall–Kier alpha value is -0.190. The molecular formula is C17H26FNS2. The fourth-order valence-electron chi connectivity index (χ4n) is 2.74. The summed E-state index contributed by atoms with van der Waals surface area (Å²) < 4.78 is 13.3. The van der Waals surface area contributed by atoms with Gasteiger partial charge < -0.3 is 5.32 Å². The Kier molecular flexibility index (Phi) is 6.45. The molecule has 1 aromatic carbocycles. The lowest BCUT2D eigenvalue weighted by Crippen LogP contribution is -2.44. The summed E-state index contributed by atoms with van der Waals surface area (Å²) in [6.07, 6.45) is 0.985. The van der Waals surface area contributed by atoms with Crippen LogP contribution in [0.5, 0.6) is 0 Å². The molecule has 2 rings (SSSR count). The number of benzene rings is 1. The summed E-state index contributed by atoms with van der Waals surface area (Å²) in [6.45, 7) is 9.81. The van der Waals surface area contributed by atoms with Crippen LogP contribution in [0.3, 0.4) is 0 Å². The van der Waals surface area contributed by atoms with Gasteiger partial charge in [-0.1, -0.05) is 26.8 Å². The van der Waals surface area contributed by atoms with Crippen molar-refractivity contribution in [3.8, 4) is 0 Å². The van der Waals surface area contributed by atoms with E-state index in [0.717, 1.165) is 23.8 Å². The molecule has 0 amide bonds. The van der Waals surface area contributed by atoms with Crippen LogP contribution in [0.4, 0.5) is 4.39 Å². The maximum Gasteiger partial charge on any atom is 0.123 e. The number of hydrogen-bond acceptors (Lipinski definition) is 3. The third-order valence-electron chi connectivity index (χ3n) is 4.23. The van der Waals surface area contributed by atoms with Crippen molar-refractivity contribution >= 4 is 23.5 Å². The Morgan fingerprint density at radius 1 is 1.33 bits per heavy atom. The predicted octanol–water partition coefficient (Wildman–Crippen LogP) is 4.28. The highest BCUT2D eigenvalue weighted by Crippen LogP contribution is 2.37. The molecule has 1 fully saturated rings. The van der Waals surface area contributed by atoms with Crippen LogP contribution >= 0.6 is 23.5 Å². The van der Waals surface area contributed by atoms with E-state index in [0.29, 0.717) is 16.5 Å². The molecule has 1 saturated heterocycles. The van der Waals surface area contributed by atoms with Crippen molar-refractivity contribution in [1.82, 2.24) is 5.32 Å². The number of rotatable bonds is 5. The van der Waals surface area contributed by atoms with E-state index >= 15 is 0 Å². The first-order chi connectivity index (χ1) is 10.0. The number of nitrogens with one attached hydrogen (secondary N) is 1. The molecule has 1 aliphatic rings. The van der Waals surface area contributed by atoms with Crippen molar-refractivity contribution in [3.05, 3.63) is 35.1 Å². The molecule has 4 atom stereocenters. The summed E-state index contributed by atoms with van der Waals surface area (Å²) in [5, 5.41) is 5.72. The van der Waals surface area contributed by atoms with Gasteiger partial charge in [0.2, 0.25) is 0 Å². The van der Waals surface area contributed by atoms with Crippen molar-refractivity contribution in [2.75, 3.05) is 12.3 Å². The van der Waals surface area contributed by atoms with E-state index in [1.807, 2.05) is 13.0 Å². The molecule has 1 aromatic rings. The van der Waals surface area contributed by atoms with Crippen molar-refractivity contribution in [2.24, 2.45) is 0 Å². The van der Waals surface area contributed by atoms with Gasteiger partial charge in [0.05, 0.1) is 0 Å². The zero-order valence-electron chi connectivity index (χ0n) is 13.4. The maximum absolute atomic E-state index is 13.3. The molecule has 1 nitrogen and oxygen atoms in total. The lowest BCUT2D eigenvalue weighted by atomic mass is 9.99. The molecule has 0 bridgehead atoms. The van der Waals surface area contributed by atoms with E-state index in [1.165, 1.54) is 11.3 Å². The Labute approximate surface area is 136 Å². The van der Waals surface area contributed by atoms with Crippen LogP contribution in [0.25, 0.3) is 0 Å². The van der Waals surface area contributed by atoms with Crippen LogP contribution < -0.4 is 5.32 Å². The minimum atomic E-state index is -0.138.